The molecule has 0 bridgehead atoms. The number of carboxylic acids is 1. The van der Waals surface area contributed by atoms with Crippen molar-refractivity contribution in [3.8, 4) is 0 Å². The number of carbonyl (C=O) groups is 1. The molecule has 12 heavy (non-hydrogen) atoms. The van der Waals surface area contributed by atoms with E-state index in [1.54, 1.807) is 0 Å². The van der Waals surface area contributed by atoms with Crippen LogP contribution in [0.4, 0.5) is 13.2 Å². The van der Waals surface area contributed by atoms with Crippen LogP contribution in [0.3, 0.4) is 0 Å². The van der Waals surface area contributed by atoms with Crippen molar-refractivity contribution in [2.75, 3.05) is 0 Å². The number of hydrogen-bond donors (Lipinski definition) is 2. The predicted octanol–water partition coefficient (Wildman–Crippen LogP) is 1.32. The average Bonchev–Trinajstić information content (AvgIpc) is 1.86. The third-order valence-electron chi connectivity index (χ3n) is 0.807. The minimum Gasteiger partial charge on any atom is -0.515 e. The van der Waals surface area contributed by atoms with Gasteiger partial charge in [0.25, 0.3) is 0 Å². The first-order valence-electron chi connectivity index (χ1n) is 2.42. The third-order valence-corrected chi connectivity index (χ3v) is 0.807. The molecule has 0 aromatic rings. The van der Waals surface area contributed by atoms with Crippen LogP contribution < -0.4 is 0 Å². The van der Waals surface area contributed by atoms with Crippen molar-refractivity contribution in [1.29, 1.82) is 0 Å². The molecular weight excluding hydrogens is 179 g/mol. The summed E-state index contributed by atoms with van der Waals surface area (Å²) < 4.78 is 34.6. The van der Waals surface area contributed by atoms with Crippen molar-refractivity contribution in [2.45, 2.75) is 6.18 Å². The lowest BCUT2D eigenvalue weighted by Gasteiger charge is -2.04. The van der Waals surface area contributed by atoms with Crippen LogP contribution in [0.2, 0.25) is 0 Å². The summed E-state index contributed by atoms with van der Waals surface area (Å²) in [7, 11) is 0. The molecule has 0 amide bonds. The Labute approximate surface area is 64.4 Å². The first-order valence-corrected chi connectivity index (χ1v) is 2.42. The van der Waals surface area contributed by atoms with E-state index in [0.717, 1.165) is 0 Å². The Bertz CT molecular complexity index is 273. The molecule has 2 N–H and O–H groups in total. The summed E-state index contributed by atoms with van der Waals surface area (Å²) in [6, 6.07) is 0. The molecule has 0 spiro atoms. The largest absolute Gasteiger partial charge is 0.515 e. The van der Waals surface area contributed by atoms with Crippen LogP contribution in [0.15, 0.2) is 11.5 Å². The van der Waals surface area contributed by atoms with Crippen LogP contribution in [-0.4, -0.2) is 22.4 Å². The maximum Gasteiger partial charge on any atom is 0.438 e. The lowest BCUT2D eigenvalue weighted by Crippen LogP contribution is -2.16. The van der Waals surface area contributed by atoms with Gasteiger partial charge in [0, 0.05) is 0 Å². The van der Waals surface area contributed by atoms with Gasteiger partial charge in [-0.15, -0.1) is 0 Å². The molecule has 0 atom stereocenters. The topological polar surface area (TPSA) is 61.9 Å². The first kappa shape index (κ1) is 10.3. The summed E-state index contributed by atoms with van der Waals surface area (Å²) in [4.78, 5) is 11.9. The summed E-state index contributed by atoms with van der Waals surface area (Å²) in [5, 5.41) is 16.2. The number of carboxylic acid groups (broad SMARTS) is 1. The van der Waals surface area contributed by atoms with Crippen LogP contribution in [0.25, 0.3) is 4.85 Å². The van der Waals surface area contributed by atoms with E-state index in [1.165, 1.54) is 0 Å². The Morgan fingerprint density at radius 3 is 1.83 bits per heavy atom. The number of aliphatic carboxylic acids is 1. The maximum absolute atomic E-state index is 11.5. The van der Waals surface area contributed by atoms with Crippen molar-refractivity contribution >= 4 is 5.97 Å². The number of hydrogen-bond acceptors (Lipinski definition) is 2. The van der Waals surface area contributed by atoms with E-state index in [0.29, 0.717) is 0 Å². The lowest BCUT2D eigenvalue weighted by molar-refractivity contribution is -0.137. The zero-order valence-electron chi connectivity index (χ0n) is 5.38. The monoisotopic (exact) mass is 181 g/mol. The van der Waals surface area contributed by atoms with Crippen LogP contribution >= 0.6 is 0 Å². The fraction of sp³-hybridized carbons (Fsp3) is 0.200. The van der Waals surface area contributed by atoms with Crippen LogP contribution in [0.1, 0.15) is 0 Å². The van der Waals surface area contributed by atoms with E-state index in [1.807, 2.05) is 4.85 Å². The number of aliphatic hydroxyl groups is 1. The van der Waals surface area contributed by atoms with Gasteiger partial charge in [-0.25, -0.2) is 4.85 Å². The molecule has 0 aromatic carbocycles. The second-order valence-corrected chi connectivity index (χ2v) is 1.61. The molecule has 0 saturated carbocycles. The molecule has 0 aliphatic heterocycles. The number of alkyl halides is 3. The van der Waals surface area contributed by atoms with Crippen LogP contribution in [-0.2, 0) is 4.79 Å². The molecule has 0 aromatic heterocycles. The quantitative estimate of drug-likeness (QED) is 0.364. The Kier molecular flexibility index (Phi) is 2.68. The van der Waals surface area contributed by atoms with Gasteiger partial charge in [0.2, 0.25) is 5.76 Å². The molecule has 0 aliphatic carbocycles. The highest BCUT2D eigenvalue weighted by Crippen LogP contribution is 2.26. The van der Waals surface area contributed by atoms with Gasteiger partial charge in [-0.2, -0.15) is 13.2 Å². The Balaban J connectivity index is 5.17. The molecule has 0 heterocycles. The summed E-state index contributed by atoms with van der Waals surface area (Å²) in [6.07, 6.45) is -5.20. The van der Waals surface area contributed by atoms with Gasteiger partial charge in [0.1, 0.15) is 0 Å². The van der Waals surface area contributed by atoms with E-state index in [2.05, 4.69) is 0 Å². The molecular formula is C5H2F3NO3. The minimum atomic E-state index is -5.20. The SMILES string of the molecule is [C-]#[N+]C(C(=O)O)=C(O)C(F)(F)F. The van der Waals surface area contributed by atoms with Crippen molar-refractivity contribution in [1.82, 2.24) is 0 Å². The predicted molar refractivity (Wildman–Crippen MR) is 29.9 cm³/mol. The highest BCUT2D eigenvalue weighted by molar-refractivity contribution is 5.89. The summed E-state index contributed by atoms with van der Waals surface area (Å²) in [5.74, 6) is -4.50. The second kappa shape index (κ2) is 3.13. The van der Waals surface area contributed by atoms with Gasteiger partial charge in [-0.1, -0.05) is 0 Å². The van der Waals surface area contributed by atoms with Gasteiger partial charge in [0.15, 0.2) is 0 Å². The van der Waals surface area contributed by atoms with Gasteiger partial charge < -0.3 is 10.2 Å². The smallest absolute Gasteiger partial charge is 0.438 e. The molecule has 0 saturated heterocycles. The molecule has 0 unspecified atom stereocenters. The Morgan fingerprint density at radius 1 is 1.33 bits per heavy atom. The van der Waals surface area contributed by atoms with Gasteiger partial charge in [-0.3, -0.25) is 4.79 Å². The van der Waals surface area contributed by atoms with Crippen molar-refractivity contribution in [3.63, 3.8) is 0 Å². The molecule has 0 aliphatic rings. The normalized spacial score (nSPS) is 13.2. The first-order chi connectivity index (χ1) is 5.30. The van der Waals surface area contributed by atoms with Gasteiger partial charge in [-0.05, 0) is 0 Å². The molecule has 0 fully saturated rings. The fourth-order valence-electron chi connectivity index (χ4n) is 0.336. The van der Waals surface area contributed by atoms with Gasteiger partial charge in [0.05, 0.1) is 6.57 Å². The zero-order valence-corrected chi connectivity index (χ0v) is 5.38. The van der Waals surface area contributed by atoms with E-state index in [-0.39, 0.29) is 0 Å². The zero-order chi connectivity index (χ0) is 9.94. The van der Waals surface area contributed by atoms with E-state index in [9.17, 15) is 18.0 Å². The number of nitrogens with zero attached hydrogens (tertiary/aromatic N) is 1. The summed E-state index contributed by atoms with van der Waals surface area (Å²) in [5.41, 5.74) is -1.73. The van der Waals surface area contributed by atoms with Crippen molar-refractivity contribution < 1.29 is 28.2 Å². The molecule has 0 rings (SSSR count). The summed E-state index contributed by atoms with van der Waals surface area (Å²) >= 11 is 0. The Hall–Kier alpha value is -1.71. The van der Waals surface area contributed by atoms with Crippen LogP contribution in [0.5, 0.6) is 0 Å². The van der Waals surface area contributed by atoms with Crippen molar-refractivity contribution in [2.24, 2.45) is 0 Å². The second-order valence-electron chi connectivity index (χ2n) is 1.61. The molecule has 0 radical (unpaired) electrons. The molecule has 66 valence electrons. The van der Waals surface area contributed by atoms with Gasteiger partial charge >= 0.3 is 17.8 Å². The van der Waals surface area contributed by atoms with E-state index in [4.69, 9.17) is 16.8 Å². The number of allylic oxidation sites excluding steroid dienone is 1. The Morgan fingerprint density at radius 2 is 1.75 bits per heavy atom. The third kappa shape index (κ3) is 2.16. The highest BCUT2D eigenvalue weighted by Gasteiger charge is 2.38. The van der Waals surface area contributed by atoms with E-state index >= 15 is 0 Å². The number of halogens is 3. The average molecular weight is 181 g/mol. The van der Waals surface area contributed by atoms with E-state index < -0.39 is 23.6 Å². The summed E-state index contributed by atoms with van der Waals surface area (Å²) in [6.45, 7) is 6.03. The molecule has 4 nitrogen and oxygen atoms in total. The maximum atomic E-state index is 11.5. The molecule has 7 heteroatoms. The number of rotatable bonds is 1. The highest BCUT2D eigenvalue weighted by atomic mass is 19.4. The van der Waals surface area contributed by atoms with Crippen LogP contribution in [0, 0.1) is 6.57 Å². The fourth-order valence-corrected chi connectivity index (χ4v) is 0.336. The standard InChI is InChI=1S/C5H2F3NO3/c1-9-2(4(11)12)3(10)5(6,7)8/h10H,(H,11,12). The van der Waals surface area contributed by atoms with Crippen molar-refractivity contribution in [3.05, 3.63) is 22.9 Å². The minimum absolute atomic E-state index is 1.73. The number of aliphatic hydroxyl groups excluding tert-OH is 1. The lowest BCUT2D eigenvalue weighted by atomic mass is 10.3.